The van der Waals surface area contributed by atoms with Crippen molar-refractivity contribution in [3.63, 3.8) is 0 Å². The Hall–Kier alpha value is -0.830. The SMILES string of the molecule is Cc1cc(C)n(C2=Cc3ccccc3[CH]2[Hf+2][C]2=CC=CC2)c1.[Cl-].[Cl-]. The van der Waals surface area contributed by atoms with Crippen LogP contribution in [0.3, 0.4) is 0 Å². The molecule has 0 saturated carbocycles. The van der Waals surface area contributed by atoms with Crippen LogP contribution in [0.2, 0.25) is 0 Å². The Morgan fingerprint density at radius 3 is 2.58 bits per heavy atom. The van der Waals surface area contributed by atoms with E-state index in [0.717, 1.165) is 0 Å². The molecule has 2 aliphatic rings. The molecular formula is C20H19Cl2HfN. The Morgan fingerprint density at radius 2 is 1.92 bits per heavy atom. The standard InChI is InChI=1S/C15H14N.C5H5.2ClH.Hf/c1-11-7-12(2)16(10-11)15-8-13-5-3-4-6-14(13)9-15;1-2-4-5-3-1;;;/h3-10H,1-2H3;1-3H,4H2;2*1H;/q;;;;+2/p-2. The van der Waals surface area contributed by atoms with Gasteiger partial charge in [-0.25, -0.2) is 0 Å². The van der Waals surface area contributed by atoms with Crippen LogP contribution in [0.25, 0.3) is 11.8 Å². The van der Waals surface area contributed by atoms with Crippen LogP contribution >= 0.6 is 0 Å². The molecule has 0 radical (unpaired) electrons. The maximum Gasteiger partial charge on any atom is -1.00 e. The number of allylic oxidation sites excluding steroid dienone is 5. The van der Waals surface area contributed by atoms with Gasteiger partial charge >= 0.3 is 144 Å². The third-order valence-corrected chi connectivity index (χ3v) is 10.3. The van der Waals surface area contributed by atoms with Crippen LogP contribution in [0.4, 0.5) is 0 Å². The average molecular weight is 523 g/mol. The normalized spacial score (nSPS) is 17.3. The van der Waals surface area contributed by atoms with Gasteiger partial charge in [-0.1, -0.05) is 0 Å². The molecule has 1 aromatic heterocycles. The van der Waals surface area contributed by atoms with Gasteiger partial charge in [-0.05, 0) is 0 Å². The van der Waals surface area contributed by atoms with E-state index in [9.17, 15) is 0 Å². The van der Waals surface area contributed by atoms with Crippen molar-refractivity contribution >= 4 is 11.8 Å². The summed E-state index contributed by atoms with van der Waals surface area (Å²) in [5, 5.41) is 0. The zero-order chi connectivity index (χ0) is 15.1. The Morgan fingerprint density at radius 1 is 1.12 bits per heavy atom. The zero-order valence-electron chi connectivity index (χ0n) is 13.8. The molecule has 0 fully saturated rings. The van der Waals surface area contributed by atoms with Gasteiger partial charge in [0, 0.05) is 0 Å². The van der Waals surface area contributed by atoms with Crippen LogP contribution < -0.4 is 24.8 Å². The predicted molar refractivity (Wildman–Crippen MR) is 89.1 cm³/mol. The molecule has 1 unspecified atom stereocenters. The molecule has 1 nitrogen and oxygen atoms in total. The molecule has 2 aromatic rings. The van der Waals surface area contributed by atoms with Gasteiger partial charge in [0.1, 0.15) is 0 Å². The van der Waals surface area contributed by atoms with Crippen molar-refractivity contribution in [3.05, 3.63) is 80.5 Å². The second-order valence-corrected chi connectivity index (χ2v) is 11.5. The van der Waals surface area contributed by atoms with Crippen LogP contribution in [0.1, 0.15) is 32.5 Å². The molecule has 0 saturated heterocycles. The van der Waals surface area contributed by atoms with E-state index in [1.54, 1.807) is 8.89 Å². The number of aromatic nitrogens is 1. The molecule has 1 heterocycles. The second-order valence-electron chi connectivity index (χ2n) is 6.13. The van der Waals surface area contributed by atoms with E-state index >= 15 is 0 Å². The molecule has 4 heteroatoms. The largest absolute Gasteiger partial charge is 1.00 e. The van der Waals surface area contributed by atoms with E-state index in [-0.39, 0.29) is 24.8 Å². The number of benzene rings is 1. The van der Waals surface area contributed by atoms with Crippen LogP contribution in [-0.4, -0.2) is 4.57 Å². The van der Waals surface area contributed by atoms with Gasteiger partial charge < -0.3 is 24.8 Å². The summed E-state index contributed by atoms with van der Waals surface area (Å²) in [6, 6.07) is 11.2. The van der Waals surface area contributed by atoms with Crippen molar-refractivity contribution in [1.29, 1.82) is 0 Å². The Labute approximate surface area is 167 Å². The predicted octanol–water partition coefficient (Wildman–Crippen LogP) is -0.908. The smallest absolute Gasteiger partial charge is 1.00 e. The second kappa shape index (κ2) is 8.03. The number of aryl methyl sites for hydroxylation is 2. The molecule has 24 heavy (non-hydrogen) atoms. The monoisotopic (exact) mass is 523 g/mol. The minimum absolute atomic E-state index is 0. The first kappa shape index (κ1) is 19.5. The van der Waals surface area contributed by atoms with Crippen LogP contribution in [0.5, 0.6) is 0 Å². The summed E-state index contributed by atoms with van der Waals surface area (Å²) < 4.78 is 4.82. The summed E-state index contributed by atoms with van der Waals surface area (Å²) in [5.74, 6) is 0. The number of nitrogens with zero attached hydrogens (tertiary/aromatic N) is 1. The fourth-order valence-electron chi connectivity index (χ4n) is 3.43. The first-order valence-electron chi connectivity index (χ1n) is 7.81. The molecule has 1 atom stereocenters. The third-order valence-electron chi connectivity index (χ3n) is 4.43. The molecule has 0 bridgehead atoms. The number of rotatable bonds is 3. The van der Waals surface area contributed by atoms with Gasteiger partial charge in [-0.2, -0.15) is 0 Å². The summed E-state index contributed by atoms with van der Waals surface area (Å²) in [7, 11) is 0. The molecular weight excluding hydrogens is 504 g/mol. The van der Waals surface area contributed by atoms with Crippen molar-refractivity contribution < 1.29 is 47.7 Å². The van der Waals surface area contributed by atoms with Gasteiger partial charge in [-0.3, -0.25) is 0 Å². The van der Waals surface area contributed by atoms with Gasteiger partial charge in [0.05, 0.1) is 0 Å². The summed E-state index contributed by atoms with van der Waals surface area (Å²) in [6.07, 6.45) is 12.8. The molecule has 122 valence electrons. The summed E-state index contributed by atoms with van der Waals surface area (Å²) in [6.45, 7) is 4.41. The molecule has 0 aliphatic heterocycles. The van der Waals surface area contributed by atoms with E-state index in [1.165, 1.54) is 28.9 Å². The van der Waals surface area contributed by atoms with Gasteiger partial charge in [0.15, 0.2) is 0 Å². The van der Waals surface area contributed by atoms with E-state index in [1.807, 2.05) is 0 Å². The fourth-order valence-corrected chi connectivity index (χ4v) is 9.13. The van der Waals surface area contributed by atoms with Crippen molar-refractivity contribution in [3.8, 4) is 0 Å². The summed E-state index contributed by atoms with van der Waals surface area (Å²) >= 11 is -0.913. The molecule has 0 N–H and O–H groups in total. The van der Waals surface area contributed by atoms with Crippen LogP contribution in [-0.2, 0) is 22.9 Å². The first-order valence-corrected chi connectivity index (χ1v) is 11.7. The number of fused-ring (bicyclic) bond motifs is 1. The third kappa shape index (κ3) is 3.56. The zero-order valence-corrected chi connectivity index (χ0v) is 18.9. The van der Waals surface area contributed by atoms with Crippen molar-refractivity contribution in [1.82, 2.24) is 4.57 Å². The maximum atomic E-state index is 2.43. The Balaban J connectivity index is 0.00000104. The molecule has 4 rings (SSSR count). The minimum Gasteiger partial charge on any atom is -1.00 e. The van der Waals surface area contributed by atoms with Crippen LogP contribution in [0.15, 0.2) is 58.1 Å². The Bertz CT molecular complexity index is 830. The van der Waals surface area contributed by atoms with Gasteiger partial charge in [0.2, 0.25) is 0 Å². The van der Waals surface area contributed by atoms with Crippen LogP contribution in [0, 0.1) is 13.8 Å². The number of hydrogen-bond acceptors (Lipinski definition) is 0. The van der Waals surface area contributed by atoms with Crippen molar-refractivity contribution in [2.45, 2.75) is 23.9 Å². The molecule has 1 aromatic carbocycles. The van der Waals surface area contributed by atoms with Gasteiger partial charge in [0.25, 0.3) is 0 Å². The van der Waals surface area contributed by atoms with Crippen molar-refractivity contribution in [2.24, 2.45) is 0 Å². The van der Waals surface area contributed by atoms with E-state index in [2.05, 4.69) is 79.2 Å². The fraction of sp³-hybridized carbons (Fsp3) is 0.200. The maximum absolute atomic E-state index is 2.43. The summed E-state index contributed by atoms with van der Waals surface area (Å²) in [5.41, 5.74) is 7.18. The van der Waals surface area contributed by atoms with Crippen molar-refractivity contribution in [2.75, 3.05) is 0 Å². The molecule has 0 amide bonds. The van der Waals surface area contributed by atoms with Gasteiger partial charge in [-0.15, -0.1) is 0 Å². The average Bonchev–Trinajstić information content (AvgIpc) is 3.20. The molecule has 2 aliphatic carbocycles. The summed E-state index contributed by atoms with van der Waals surface area (Å²) in [4.78, 5) is 0. The number of halogens is 2. The molecule has 0 spiro atoms. The van der Waals surface area contributed by atoms with E-state index < -0.39 is 22.9 Å². The number of hydrogen-bond donors (Lipinski definition) is 0. The van der Waals surface area contributed by atoms with E-state index in [0.29, 0.717) is 3.67 Å². The topological polar surface area (TPSA) is 4.93 Å². The first-order chi connectivity index (χ1) is 10.7. The Kier molecular flexibility index (Phi) is 6.52. The minimum atomic E-state index is -0.913. The van der Waals surface area contributed by atoms with E-state index in [4.69, 9.17) is 0 Å². The quantitative estimate of drug-likeness (QED) is 0.461.